The topological polar surface area (TPSA) is 88.8 Å². The van der Waals surface area contributed by atoms with Gasteiger partial charge in [0.2, 0.25) is 17.7 Å². The molecule has 1 aliphatic carbocycles. The van der Waals surface area contributed by atoms with Gasteiger partial charge in [0.25, 0.3) is 6.43 Å². The molecule has 3 aliphatic heterocycles. The van der Waals surface area contributed by atoms with Crippen molar-refractivity contribution in [2.75, 3.05) is 57.4 Å². The third-order valence-electron chi connectivity index (χ3n) is 9.19. The van der Waals surface area contributed by atoms with E-state index in [1.54, 1.807) is 30.3 Å². The Morgan fingerprint density at radius 2 is 1.76 bits per heavy atom. The molecule has 42 heavy (non-hydrogen) atoms. The van der Waals surface area contributed by atoms with Crippen molar-refractivity contribution in [2.24, 2.45) is 5.92 Å². The molecule has 1 atom stereocenters. The highest BCUT2D eigenvalue weighted by Crippen LogP contribution is 2.33. The van der Waals surface area contributed by atoms with Crippen molar-refractivity contribution in [3.8, 4) is 11.7 Å². The fraction of sp³-hybridized carbons (Fsp3) is 0.600. The first-order valence-electron chi connectivity index (χ1n) is 15.2. The molecule has 2 aromatic heterocycles. The number of piperazine rings is 1. The van der Waals surface area contributed by atoms with Gasteiger partial charge in [-0.3, -0.25) is 14.3 Å². The van der Waals surface area contributed by atoms with Crippen molar-refractivity contribution in [1.82, 2.24) is 29.3 Å². The molecule has 7 rings (SSSR count). The number of ether oxygens (including phenoxy) is 2. The van der Waals surface area contributed by atoms with Gasteiger partial charge in [0.15, 0.2) is 5.82 Å². The van der Waals surface area contributed by atoms with Crippen LogP contribution < -0.4 is 9.64 Å². The van der Waals surface area contributed by atoms with Gasteiger partial charge < -0.3 is 19.3 Å². The van der Waals surface area contributed by atoms with Gasteiger partial charge in [-0.1, -0.05) is 12.1 Å². The molecular weight excluding hydrogens is 544 g/mol. The number of rotatable bonds is 6. The largest absolute Gasteiger partial charge is 0.474 e. The van der Waals surface area contributed by atoms with E-state index in [0.29, 0.717) is 61.0 Å². The van der Waals surface area contributed by atoms with Crippen LogP contribution >= 0.6 is 0 Å². The number of nitrogens with zero attached hydrogens (tertiary/aromatic N) is 7. The zero-order chi connectivity index (χ0) is 28.6. The standard InChI is InChI=1S/C30H37F2N7O3/c31-27(32)28-33-23-5-1-2-6-24(23)39(28)25-18-26(35-30(34-25)37-14-16-41-17-15-37)42-22-9-7-20(8-10-22)29(40)38-13-12-36-11-3-4-21(36)19-38/h1-2,5-6,18,20-22,27H,3-4,7-17,19H2/t20-,21?,22-. The summed E-state index contributed by atoms with van der Waals surface area (Å²) in [6.45, 7) is 6.08. The second kappa shape index (κ2) is 11.7. The molecule has 3 aromatic rings. The number of amides is 1. The summed E-state index contributed by atoms with van der Waals surface area (Å²) >= 11 is 0. The lowest BCUT2D eigenvalue weighted by Crippen LogP contribution is -2.53. The monoisotopic (exact) mass is 581 g/mol. The number of carbonyl (C=O) groups is 1. The fourth-order valence-corrected chi connectivity index (χ4v) is 6.96. The number of halogens is 2. The Hall–Kier alpha value is -3.38. The zero-order valence-corrected chi connectivity index (χ0v) is 23.7. The molecule has 3 saturated heterocycles. The van der Waals surface area contributed by atoms with E-state index < -0.39 is 6.43 Å². The van der Waals surface area contributed by atoms with Crippen molar-refractivity contribution >= 4 is 22.9 Å². The Morgan fingerprint density at radius 3 is 2.57 bits per heavy atom. The lowest BCUT2D eigenvalue weighted by Gasteiger charge is -2.40. The van der Waals surface area contributed by atoms with Crippen molar-refractivity contribution in [2.45, 2.75) is 57.1 Å². The van der Waals surface area contributed by atoms with E-state index in [-0.39, 0.29) is 23.8 Å². The van der Waals surface area contributed by atoms with E-state index in [2.05, 4.69) is 14.8 Å². The van der Waals surface area contributed by atoms with Crippen LogP contribution in [0.5, 0.6) is 5.88 Å². The number of hydrogen-bond donors (Lipinski definition) is 0. The molecule has 4 fully saturated rings. The SMILES string of the molecule is O=C([C@H]1CC[C@H](Oc2cc(-n3c(C(F)F)nc4ccccc43)nc(N3CCOCC3)n2)CC1)N1CCN2CCCC2C1. The predicted octanol–water partition coefficient (Wildman–Crippen LogP) is 3.83. The van der Waals surface area contributed by atoms with Gasteiger partial charge in [0.05, 0.1) is 24.2 Å². The van der Waals surface area contributed by atoms with E-state index in [9.17, 15) is 13.6 Å². The molecule has 0 spiro atoms. The normalized spacial score (nSPS) is 25.3. The summed E-state index contributed by atoms with van der Waals surface area (Å²) in [5.41, 5.74) is 1.02. The lowest BCUT2D eigenvalue weighted by atomic mass is 9.86. The predicted molar refractivity (Wildman–Crippen MR) is 152 cm³/mol. The number of carbonyl (C=O) groups excluding carboxylic acids is 1. The van der Waals surface area contributed by atoms with Crippen LogP contribution in [0.4, 0.5) is 14.7 Å². The summed E-state index contributed by atoms with van der Waals surface area (Å²) in [6, 6.07) is 9.20. The van der Waals surface area contributed by atoms with Crippen LogP contribution in [0.3, 0.4) is 0 Å². The average Bonchev–Trinajstić information content (AvgIpc) is 3.66. The summed E-state index contributed by atoms with van der Waals surface area (Å²) in [5, 5.41) is 0. The lowest BCUT2D eigenvalue weighted by molar-refractivity contribution is -0.139. The summed E-state index contributed by atoms with van der Waals surface area (Å²) in [4.78, 5) is 33.6. The third-order valence-corrected chi connectivity index (χ3v) is 9.19. The van der Waals surface area contributed by atoms with Gasteiger partial charge in [0, 0.05) is 50.7 Å². The molecule has 0 N–H and O–H groups in total. The van der Waals surface area contributed by atoms with Gasteiger partial charge in [-0.15, -0.1) is 0 Å². The van der Waals surface area contributed by atoms with Gasteiger partial charge in [0.1, 0.15) is 11.9 Å². The minimum atomic E-state index is -2.78. The molecule has 1 saturated carbocycles. The van der Waals surface area contributed by atoms with Crippen molar-refractivity contribution < 1.29 is 23.0 Å². The Morgan fingerprint density at radius 1 is 0.952 bits per heavy atom. The summed E-state index contributed by atoms with van der Waals surface area (Å²) in [5.74, 6) is 0.982. The van der Waals surface area contributed by atoms with Gasteiger partial charge in [-0.05, 0) is 57.2 Å². The van der Waals surface area contributed by atoms with Crippen molar-refractivity contribution in [3.05, 3.63) is 36.2 Å². The number of para-hydroxylation sites is 2. The van der Waals surface area contributed by atoms with E-state index in [0.717, 1.165) is 51.9 Å². The second-order valence-corrected chi connectivity index (χ2v) is 11.8. The number of alkyl halides is 2. The minimum Gasteiger partial charge on any atom is -0.474 e. The van der Waals surface area contributed by atoms with Crippen LogP contribution in [0.25, 0.3) is 16.9 Å². The molecule has 0 radical (unpaired) electrons. The van der Waals surface area contributed by atoms with Crippen LogP contribution in [0, 0.1) is 5.92 Å². The summed E-state index contributed by atoms with van der Waals surface area (Å²) in [6.07, 6.45) is 2.53. The zero-order valence-electron chi connectivity index (χ0n) is 23.7. The number of anilines is 1. The van der Waals surface area contributed by atoms with Crippen LogP contribution in [0.15, 0.2) is 30.3 Å². The van der Waals surface area contributed by atoms with E-state index in [4.69, 9.17) is 19.4 Å². The van der Waals surface area contributed by atoms with Crippen LogP contribution in [0.1, 0.15) is 50.8 Å². The number of fused-ring (bicyclic) bond motifs is 2. The highest BCUT2D eigenvalue weighted by Gasteiger charge is 2.36. The number of aromatic nitrogens is 4. The van der Waals surface area contributed by atoms with Crippen LogP contribution in [-0.2, 0) is 9.53 Å². The van der Waals surface area contributed by atoms with E-state index in [1.165, 1.54) is 17.4 Å². The fourth-order valence-electron chi connectivity index (χ4n) is 6.96. The Labute approximate surface area is 243 Å². The van der Waals surface area contributed by atoms with E-state index >= 15 is 0 Å². The van der Waals surface area contributed by atoms with Crippen molar-refractivity contribution in [1.29, 1.82) is 0 Å². The maximum Gasteiger partial charge on any atom is 0.296 e. The number of imidazole rings is 1. The Kier molecular flexibility index (Phi) is 7.66. The molecule has 5 heterocycles. The first-order chi connectivity index (χ1) is 20.5. The van der Waals surface area contributed by atoms with Gasteiger partial charge in [-0.2, -0.15) is 9.97 Å². The highest BCUT2D eigenvalue weighted by atomic mass is 19.3. The molecular formula is C30H37F2N7O3. The molecule has 1 amide bonds. The van der Waals surface area contributed by atoms with Gasteiger partial charge in [-0.25, -0.2) is 13.8 Å². The maximum absolute atomic E-state index is 14.2. The first kappa shape index (κ1) is 27.5. The van der Waals surface area contributed by atoms with Crippen LogP contribution in [-0.4, -0.2) is 99.9 Å². The Bertz CT molecular complexity index is 1420. The van der Waals surface area contributed by atoms with Crippen LogP contribution in [0.2, 0.25) is 0 Å². The second-order valence-electron chi connectivity index (χ2n) is 11.8. The van der Waals surface area contributed by atoms with Crippen molar-refractivity contribution in [3.63, 3.8) is 0 Å². The average molecular weight is 582 g/mol. The smallest absolute Gasteiger partial charge is 0.296 e. The number of hydrogen-bond acceptors (Lipinski definition) is 8. The number of morpholine rings is 1. The Balaban J connectivity index is 1.10. The third kappa shape index (κ3) is 5.42. The molecule has 4 aliphatic rings. The summed E-state index contributed by atoms with van der Waals surface area (Å²) in [7, 11) is 0. The molecule has 1 aromatic carbocycles. The molecule has 0 bridgehead atoms. The minimum absolute atomic E-state index is 0.0218. The van der Waals surface area contributed by atoms with Gasteiger partial charge >= 0.3 is 0 Å². The molecule has 224 valence electrons. The maximum atomic E-state index is 14.2. The highest BCUT2D eigenvalue weighted by molar-refractivity contribution is 5.79. The molecule has 1 unspecified atom stereocenters. The van der Waals surface area contributed by atoms with E-state index in [1.807, 2.05) is 4.90 Å². The summed E-state index contributed by atoms with van der Waals surface area (Å²) < 4.78 is 41.6. The first-order valence-corrected chi connectivity index (χ1v) is 15.2. The quantitative estimate of drug-likeness (QED) is 0.434. The molecule has 10 nitrogen and oxygen atoms in total. The number of benzene rings is 1. The molecule has 12 heteroatoms.